The van der Waals surface area contributed by atoms with Crippen LogP contribution in [-0.2, 0) is 0 Å². The molecule has 0 heterocycles. The maximum Gasteiger partial charge on any atom is 0.150 e. The molecule has 0 saturated carbocycles. The molecule has 0 saturated heterocycles. The molecule has 2 rings (SSSR count). The molecule has 0 aliphatic rings. The van der Waals surface area contributed by atoms with Gasteiger partial charge in [0.05, 0.1) is 6.61 Å². The zero-order valence-electron chi connectivity index (χ0n) is 11.8. The number of carbonyl (C=O) groups excluding carboxylic acids is 1. The molecule has 0 unspecified atom stereocenters. The van der Waals surface area contributed by atoms with Crippen molar-refractivity contribution in [1.82, 2.24) is 0 Å². The summed E-state index contributed by atoms with van der Waals surface area (Å²) >= 11 is 0. The van der Waals surface area contributed by atoms with Gasteiger partial charge < -0.3 is 4.74 Å². The van der Waals surface area contributed by atoms with E-state index in [0.717, 1.165) is 29.6 Å². The molecule has 0 aliphatic heterocycles. The minimum absolute atomic E-state index is 0.671. The van der Waals surface area contributed by atoms with Gasteiger partial charge in [-0.2, -0.15) is 0 Å². The highest BCUT2D eigenvalue weighted by atomic mass is 16.5. The molecule has 2 aromatic rings. The topological polar surface area (TPSA) is 26.3 Å². The van der Waals surface area contributed by atoms with Crippen LogP contribution in [0, 0.1) is 0 Å². The summed E-state index contributed by atoms with van der Waals surface area (Å²) in [6.07, 6.45) is 4.28. The smallest absolute Gasteiger partial charge is 0.150 e. The van der Waals surface area contributed by atoms with Crippen molar-refractivity contribution in [3.63, 3.8) is 0 Å². The minimum atomic E-state index is 0.671. The van der Waals surface area contributed by atoms with Crippen LogP contribution in [0.4, 0.5) is 0 Å². The van der Waals surface area contributed by atoms with Crippen molar-refractivity contribution < 1.29 is 9.53 Å². The van der Waals surface area contributed by atoms with Crippen molar-refractivity contribution in [3.8, 4) is 16.9 Å². The maximum atomic E-state index is 11.3. The fourth-order valence-electron chi connectivity index (χ4n) is 2.15. The molecule has 2 heteroatoms. The van der Waals surface area contributed by atoms with Gasteiger partial charge in [-0.25, -0.2) is 0 Å². The summed E-state index contributed by atoms with van der Waals surface area (Å²) in [5, 5.41) is 0. The SMILES string of the molecule is CCCCCOc1ccc(-c2ccccc2)c(C=O)c1. The largest absolute Gasteiger partial charge is 0.494 e. The van der Waals surface area contributed by atoms with Gasteiger partial charge in [-0.1, -0.05) is 50.1 Å². The number of unbranched alkanes of at least 4 members (excludes halogenated alkanes) is 2. The highest BCUT2D eigenvalue weighted by Gasteiger charge is 2.06. The zero-order chi connectivity index (χ0) is 14.2. The lowest BCUT2D eigenvalue weighted by Crippen LogP contribution is -1.98. The molecule has 2 nitrogen and oxygen atoms in total. The molecule has 0 spiro atoms. The number of hydrogen-bond acceptors (Lipinski definition) is 2. The van der Waals surface area contributed by atoms with Gasteiger partial charge in [-0.15, -0.1) is 0 Å². The Morgan fingerprint density at radius 1 is 1.05 bits per heavy atom. The molecule has 0 fully saturated rings. The van der Waals surface area contributed by atoms with Crippen LogP contribution in [0.3, 0.4) is 0 Å². The molecule has 2 aromatic carbocycles. The molecule has 0 amide bonds. The van der Waals surface area contributed by atoms with Crippen molar-refractivity contribution in [3.05, 3.63) is 54.1 Å². The van der Waals surface area contributed by atoms with Crippen molar-refractivity contribution in [2.75, 3.05) is 6.61 Å². The van der Waals surface area contributed by atoms with E-state index in [2.05, 4.69) is 6.92 Å². The van der Waals surface area contributed by atoms with E-state index in [1.165, 1.54) is 12.8 Å². The quantitative estimate of drug-likeness (QED) is 0.535. The van der Waals surface area contributed by atoms with E-state index in [9.17, 15) is 4.79 Å². The highest BCUT2D eigenvalue weighted by Crippen LogP contribution is 2.26. The molecule has 20 heavy (non-hydrogen) atoms. The Kier molecular flexibility index (Phi) is 5.36. The van der Waals surface area contributed by atoms with E-state index in [4.69, 9.17) is 4.74 Å². The van der Waals surface area contributed by atoms with Crippen LogP contribution < -0.4 is 4.74 Å². The Morgan fingerprint density at radius 2 is 1.85 bits per heavy atom. The summed E-state index contributed by atoms with van der Waals surface area (Å²) in [6, 6.07) is 15.6. The van der Waals surface area contributed by atoms with Gasteiger partial charge in [0, 0.05) is 5.56 Å². The first-order valence-corrected chi connectivity index (χ1v) is 7.12. The highest BCUT2D eigenvalue weighted by molar-refractivity contribution is 5.88. The molecule has 0 N–H and O–H groups in total. The molecule has 104 valence electrons. The van der Waals surface area contributed by atoms with Crippen LogP contribution in [0.25, 0.3) is 11.1 Å². The molecule has 0 radical (unpaired) electrons. The number of aldehydes is 1. The second kappa shape index (κ2) is 7.49. The van der Waals surface area contributed by atoms with E-state index in [1.54, 1.807) is 0 Å². The number of carbonyl (C=O) groups is 1. The van der Waals surface area contributed by atoms with Crippen LogP contribution in [0.15, 0.2) is 48.5 Å². The van der Waals surface area contributed by atoms with Gasteiger partial charge in [0.15, 0.2) is 6.29 Å². The summed E-state index contributed by atoms with van der Waals surface area (Å²) in [6.45, 7) is 2.87. The van der Waals surface area contributed by atoms with E-state index in [-0.39, 0.29) is 0 Å². The van der Waals surface area contributed by atoms with Crippen molar-refractivity contribution in [2.24, 2.45) is 0 Å². The van der Waals surface area contributed by atoms with Crippen molar-refractivity contribution in [1.29, 1.82) is 0 Å². The predicted molar refractivity (Wildman–Crippen MR) is 82.3 cm³/mol. The fraction of sp³-hybridized carbons (Fsp3) is 0.278. The van der Waals surface area contributed by atoms with Gasteiger partial charge in [0.1, 0.15) is 5.75 Å². The Labute approximate surface area is 120 Å². The predicted octanol–water partition coefficient (Wildman–Crippen LogP) is 4.74. The summed E-state index contributed by atoms with van der Waals surface area (Å²) in [4.78, 5) is 11.3. The standard InChI is InChI=1S/C18H20O2/c1-2-3-7-12-20-17-10-11-18(16(13-17)14-19)15-8-5-4-6-9-15/h4-6,8-11,13-14H,2-3,7,12H2,1H3. The van der Waals surface area contributed by atoms with Crippen molar-refractivity contribution >= 4 is 6.29 Å². The van der Waals surface area contributed by atoms with E-state index >= 15 is 0 Å². The van der Waals surface area contributed by atoms with Gasteiger partial charge >= 0.3 is 0 Å². The molecule has 0 atom stereocenters. The second-order valence-electron chi connectivity index (χ2n) is 4.79. The first-order valence-electron chi connectivity index (χ1n) is 7.12. The molecule has 0 aromatic heterocycles. The molecular formula is C18H20O2. The zero-order valence-corrected chi connectivity index (χ0v) is 11.8. The molecular weight excluding hydrogens is 248 g/mol. The van der Waals surface area contributed by atoms with Gasteiger partial charge in [-0.3, -0.25) is 4.79 Å². The summed E-state index contributed by atoms with van der Waals surface area (Å²) in [5.74, 6) is 0.767. The van der Waals surface area contributed by atoms with E-state index < -0.39 is 0 Å². The third-order valence-corrected chi connectivity index (χ3v) is 3.25. The summed E-state index contributed by atoms with van der Waals surface area (Å²) in [7, 11) is 0. The second-order valence-corrected chi connectivity index (χ2v) is 4.79. The van der Waals surface area contributed by atoms with Crippen molar-refractivity contribution in [2.45, 2.75) is 26.2 Å². The van der Waals surface area contributed by atoms with E-state index in [1.807, 2.05) is 48.5 Å². The average Bonchev–Trinajstić information content (AvgIpc) is 2.52. The Hall–Kier alpha value is -2.09. The lowest BCUT2D eigenvalue weighted by atomic mass is 10.0. The number of hydrogen-bond donors (Lipinski definition) is 0. The molecule has 0 bridgehead atoms. The summed E-state index contributed by atoms with van der Waals surface area (Å²) in [5.41, 5.74) is 2.66. The normalized spacial score (nSPS) is 10.2. The lowest BCUT2D eigenvalue weighted by Gasteiger charge is -2.09. The average molecular weight is 268 g/mol. The minimum Gasteiger partial charge on any atom is -0.494 e. The van der Waals surface area contributed by atoms with E-state index in [0.29, 0.717) is 12.2 Å². The fourth-order valence-corrected chi connectivity index (χ4v) is 2.15. The van der Waals surface area contributed by atoms with Crippen LogP contribution in [0.1, 0.15) is 36.5 Å². The first-order chi connectivity index (χ1) is 9.85. The van der Waals surface area contributed by atoms with Crippen LogP contribution in [0.2, 0.25) is 0 Å². The maximum absolute atomic E-state index is 11.3. The van der Waals surface area contributed by atoms with Gasteiger partial charge in [0.2, 0.25) is 0 Å². The van der Waals surface area contributed by atoms with Gasteiger partial charge in [-0.05, 0) is 35.7 Å². The number of benzene rings is 2. The third kappa shape index (κ3) is 3.70. The molecule has 0 aliphatic carbocycles. The van der Waals surface area contributed by atoms with Gasteiger partial charge in [0.25, 0.3) is 0 Å². The van der Waals surface area contributed by atoms with Crippen LogP contribution in [-0.4, -0.2) is 12.9 Å². The Bertz CT molecular complexity index is 547. The monoisotopic (exact) mass is 268 g/mol. The number of ether oxygens (including phenoxy) is 1. The lowest BCUT2D eigenvalue weighted by molar-refractivity contribution is 0.112. The number of rotatable bonds is 7. The third-order valence-electron chi connectivity index (χ3n) is 3.25. The van der Waals surface area contributed by atoms with Crippen LogP contribution >= 0.6 is 0 Å². The first kappa shape index (κ1) is 14.3. The Morgan fingerprint density at radius 3 is 2.55 bits per heavy atom. The van der Waals surface area contributed by atoms with Crippen LogP contribution in [0.5, 0.6) is 5.75 Å². The Balaban J connectivity index is 2.14. The summed E-state index contributed by atoms with van der Waals surface area (Å²) < 4.78 is 5.68.